The van der Waals surface area contributed by atoms with E-state index in [2.05, 4.69) is 10.6 Å². The third-order valence-corrected chi connectivity index (χ3v) is 3.21. The van der Waals surface area contributed by atoms with Crippen molar-refractivity contribution in [2.24, 2.45) is 0 Å². The van der Waals surface area contributed by atoms with Gasteiger partial charge in [-0.15, -0.1) is 0 Å². The lowest BCUT2D eigenvalue weighted by atomic mass is 10.1. The minimum Gasteiger partial charge on any atom is -0.491 e. The van der Waals surface area contributed by atoms with Gasteiger partial charge in [-0.1, -0.05) is 30.3 Å². The van der Waals surface area contributed by atoms with E-state index in [1.54, 1.807) is 19.2 Å². The maximum atomic E-state index is 11.8. The number of nitrogens with one attached hydrogen (secondary N) is 2. The largest absolute Gasteiger partial charge is 0.491 e. The van der Waals surface area contributed by atoms with Gasteiger partial charge in [0.05, 0.1) is 6.61 Å². The molecule has 2 amide bonds. The van der Waals surface area contributed by atoms with Gasteiger partial charge in [-0.25, -0.2) is 4.79 Å². The zero-order chi connectivity index (χ0) is 16.3. The van der Waals surface area contributed by atoms with Crippen LogP contribution in [-0.2, 0) is 11.2 Å². The molecule has 0 aliphatic rings. The summed E-state index contributed by atoms with van der Waals surface area (Å²) in [5, 5.41) is 5.63. The summed E-state index contributed by atoms with van der Waals surface area (Å²) in [6.07, 6.45) is 0.806. The standard InChI is InChI=1S/C18H22N2O3/c1-22-13-14-23-17-9-7-16(8-10-17)20-18(21)19-12-11-15-5-3-2-4-6-15/h2-10H,11-14H2,1H3,(H2,19,20,21). The average Bonchev–Trinajstić information content (AvgIpc) is 2.58. The van der Waals surface area contributed by atoms with Crippen molar-refractivity contribution in [2.45, 2.75) is 6.42 Å². The topological polar surface area (TPSA) is 59.6 Å². The Balaban J connectivity index is 1.70. The first kappa shape index (κ1) is 16.8. The maximum Gasteiger partial charge on any atom is 0.319 e. The SMILES string of the molecule is COCCOc1ccc(NC(=O)NCCc2ccccc2)cc1. The average molecular weight is 314 g/mol. The van der Waals surface area contributed by atoms with Crippen LogP contribution in [0, 0.1) is 0 Å². The number of ether oxygens (including phenoxy) is 2. The number of benzene rings is 2. The summed E-state index contributed by atoms with van der Waals surface area (Å²) in [6, 6.07) is 17.1. The maximum absolute atomic E-state index is 11.8. The lowest BCUT2D eigenvalue weighted by molar-refractivity contribution is 0.146. The monoisotopic (exact) mass is 314 g/mol. The zero-order valence-corrected chi connectivity index (χ0v) is 13.2. The fourth-order valence-corrected chi connectivity index (χ4v) is 2.02. The van der Waals surface area contributed by atoms with Gasteiger partial charge in [-0.2, -0.15) is 0 Å². The Kier molecular flexibility index (Phi) is 6.94. The molecule has 0 aliphatic heterocycles. The Morgan fingerprint density at radius 3 is 2.43 bits per heavy atom. The van der Waals surface area contributed by atoms with E-state index in [-0.39, 0.29) is 6.03 Å². The van der Waals surface area contributed by atoms with Gasteiger partial charge in [0.2, 0.25) is 0 Å². The Morgan fingerprint density at radius 2 is 1.74 bits per heavy atom. The van der Waals surface area contributed by atoms with Crippen molar-refractivity contribution in [2.75, 3.05) is 32.2 Å². The van der Waals surface area contributed by atoms with E-state index >= 15 is 0 Å². The first-order chi connectivity index (χ1) is 11.3. The van der Waals surface area contributed by atoms with Gasteiger partial charge in [-0.3, -0.25) is 0 Å². The molecule has 0 aliphatic carbocycles. The fourth-order valence-electron chi connectivity index (χ4n) is 2.02. The molecule has 5 nitrogen and oxygen atoms in total. The Hall–Kier alpha value is -2.53. The molecular weight excluding hydrogens is 292 g/mol. The van der Waals surface area contributed by atoms with Crippen molar-refractivity contribution < 1.29 is 14.3 Å². The smallest absolute Gasteiger partial charge is 0.319 e. The third-order valence-electron chi connectivity index (χ3n) is 3.21. The van der Waals surface area contributed by atoms with Crippen molar-refractivity contribution in [1.82, 2.24) is 5.32 Å². The van der Waals surface area contributed by atoms with E-state index in [1.165, 1.54) is 5.56 Å². The quantitative estimate of drug-likeness (QED) is 0.736. The summed E-state index contributed by atoms with van der Waals surface area (Å²) in [5.74, 6) is 0.747. The van der Waals surface area contributed by atoms with Crippen molar-refractivity contribution in [3.8, 4) is 5.75 Å². The van der Waals surface area contributed by atoms with Gasteiger partial charge >= 0.3 is 6.03 Å². The molecule has 0 unspecified atom stereocenters. The normalized spacial score (nSPS) is 10.1. The molecule has 0 fully saturated rings. The van der Waals surface area contributed by atoms with E-state index in [4.69, 9.17) is 9.47 Å². The molecule has 0 spiro atoms. The fraction of sp³-hybridized carbons (Fsp3) is 0.278. The van der Waals surface area contributed by atoms with Crippen molar-refractivity contribution in [3.05, 3.63) is 60.2 Å². The molecule has 0 heterocycles. The first-order valence-electron chi connectivity index (χ1n) is 7.58. The molecular formula is C18H22N2O3. The number of carbonyl (C=O) groups excluding carboxylic acids is 1. The molecule has 23 heavy (non-hydrogen) atoms. The van der Waals surface area contributed by atoms with Crippen LogP contribution < -0.4 is 15.4 Å². The summed E-state index contributed by atoms with van der Waals surface area (Å²) in [7, 11) is 1.63. The van der Waals surface area contributed by atoms with Crippen LogP contribution in [-0.4, -0.2) is 32.9 Å². The summed E-state index contributed by atoms with van der Waals surface area (Å²) >= 11 is 0. The molecule has 0 atom stereocenters. The number of urea groups is 1. The predicted molar refractivity (Wildman–Crippen MR) is 91.0 cm³/mol. The number of carbonyl (C=O) groups is 1. The second-order valence-corrected chi connectivity index (χ2v) is 4.98. The highest BCUT2D eigenvalue weighted by atomic mass is 16.5. The van der Waals surface area contributed by atoms with E-state index in [0.29, 0.717) is 19.8 Å². The molecule has 2 rings (SSSR count). The summed E-state index contributed by atoms with van der Waals surface area (Å²) in [4.78, 5) is 11.8. The Labute approximate surface area is 136 Å². The third kappa shape index (κ3) is 6.40. The minimum atomic E-state index is -0.214. The highest BCUT2D eigenvalue weighted by molar-refractivity contribution is 5.89. The predicted octanol–water partition coefficient (Wildman–Crippen LogP) is 3.08. The van der Waals surface area contributed by atoms with Gasteiger partial charge in [0.15, 0.2) is 0 Å². The van der Waals surface area contributed by atoms with Crippen molar-refractivity contribution >= 4 is 11.7 Å². The second-order valence-electron chi connectivity index (χ2n) is 4.98. The van der Waals surface area contributed by atoms with Crippen LogP contribution in [0.25, 0.3) is 0 Å². The van der Waals surface area contributed by atoms with Crippen LogP contribution in [0.4, 0.5) is 10.5 Å². The number of hydrogen-bond acceptors (Lipinski definition) is 3. The molecule has 2 aromatic carbocycles. The minimum absolute atomic E-state index is 0.214. The van der Waals surface area contributed by atoms with Crippen LogP contribution in [0.3, 0.4) is 0 Å². The van der Waals surface area contributed by atoms with Crippen molar-refractivity contribution in [3.63, 3.8) is 0 Å². The van der Waals surface area contributed by atoms with E-state index in [1.807, 2.05) is 42.5 Å². The van der Waals surface area contributed by atoms with Crippen LogP contribution in [0.5, 0.6) is 5.75 Å². The van der Waals surface area contributed by atoms with Gasteiger partial charge in [0.25, 0.3) is 0 Å². The second kappa shape index (κ2) is 9.48. The Bertz CT molecular complexity index is 585. The lowest BCUT2D eigenvalue weighted by Gasteiger charge is -2.09. The van der Waals surface area contributed by atoms with E-state index < -0.39 is 0 Å². The molecule has 2 N–H and O–H groups in total. The summed E-state index contributed by atoms with van der Waals surface area (Å²) in [5.41, 5.74) is 1.92. The number of amides is 2. The summed E-state index contributed by atoms with van der Waals surface area (Å²) in [6.45, 7) is 1.64. The van der Waals surface area contributed by atoms with E-state index in [9.17, 15) is 4.79 Å². The number of rotatable bonds is 8. The molecule has 0 radical (unpaired) electrons. The van der Waals surface area contributed by atoms with Crippen LogP contribution in [0.2, 0.25) is 0 Å². The first-order valence-corrected chi connectivity index (χ1v) is 7.58. The van der Waals surface area contributed by atoms with Gasteiger partial charge < -0.3 is 20.1 Å². The molecule has 0 saturated carbocycles. The van der Waals surface area contributed by atoms with Gasteiger partial charge in [0, 0.05) is 19.3 Å². The van der Waals surface area contributed by atoms with Gasteiger partial charge in [0.1, 0.15) is 12.4 Å². The molecule has 0 bridgehead atoms. The van der Waals surface area contributed by atoms with Crippen LogP contribution >= 0.6 is 0 Å². The van der Waals surface area contributed by atoms with Crippen LogP contribution in [0.15, 0.2) is 54.6 Å². The van der Waals surface area contributed by atoms with E-state index in [0.717, 1.165) is 17.9 Å². The summed E-state index contributed by atoms with van der Waals surface area (Å²) < 4.78 is 10.4. The van der Waals surface area contributed by atoms with Gasteiger partial charge in [-0.05, 0) is 36.2 Å². The molecule has 5 heteroatoms. The van der Waals surface area contributed by atoms with Crippen molar-refractivity contribution in [1.29, 1.82) is 0 Å². The molecule has 122 valence electrons. The number of methoxy groups -OCH3 is 1. The highest BCUT2D eigenvalue weighted by Crippen LogP contribution is 2.15. The Morgan fingerprint density at radius 1 is 1.00 bits per heavy atom. The zero-order valence-electron chi connectivity index (χ0n) is 13.2. The molecule has 2 aromatic rings. The molecule has 0 aromatic heterocycles. The van der Waals surface area contributed by atoms with Crippen LogP contribution in [0.1, 0.15) is 5.56 Å². The number of hydrogen-bond donors (Lipinski definition) is 2. The number of anilines is 1. The highest BCUT2D eigenvalue weighted by Gasteiger charge is 2.02. The lowest BCUT2D eigenvalue weighted by Crippen LogP contribution is -2.30. The molecule has 0 saturated heterocycles.